The maximum Gasteiger partial charge on any atom is 0.356 e. The Morgan fingerprint density at radius 2 is 1.88 bits per heavy atom. The van der Waals surface area contributed by atoms with Crippen LogP contribution in [0.15, 0.2) is 48.8 Å². The number of carboxylic acids is 1. The molecule has 0 spiro atoms. The highest BCUT2D eigenvalue weighted by Gasteiger charge is 2.22. The molecule has 0 saturated carbocycles. The Balaban J connectivity index is 1.64. The van der Waals surface area contributed by atoms with E-state index in [9.17, 15) is 9.59 Å². The summed E-state index contributed by atoms with van der Waals surface area (Å²) in [6.45, 7) is 0.692. The zero-order valence-electron chi connectivity index (χ0n) is 12.8. The fraction of sp³-hybridized carbons (Fsp3) is 0.167. The van der Waals surface area contributed by atoms with Gasteiger partial charge in [-0.1, -0.05) is 24.3 Å². The molecule has 4 rings (SSSR count). The molecule has 6 nitrogen and oxygen atoms in total. The van der Waals surface area contributed by atoms with Crippen molar-refractivity contribution >= 4 is 17.5 Å². The van der Waals surface area contributed by atoms with Crippen LogP contribution in [0.25, 0.3) is 16.8 Å². The first kappa shape index (κ1) is 14.4. The van der Waals surface area contributed by atoms with E-state index in [-0.39, 0.29) is 17.5 Å². The normalized spacial score (nSPS) is 17.2. The molecule has 120 valence electrons. The van der Waals surface area contributed by atoms with Crippen molar-refractivity contribution in [2.75, 3.05) is 6.54 Å². The van der Waals surface area contributed by atoms with Gasteiger partial charge in [-0.2, -0.15) is 0 Å². The van der Waals surface area contributed by atoms with E-state index in [0.29, 0.717) is 18.6 Å². The van der Waals surface area contributed by atoms with E-state index in [4.69, 9.17) is 5.11 Å². The number of aromatic carboxylic acids is 1. The highest BCUT2D eigenvalue weighted by Crippen LogP contribution is 2.26. The Morgan fingerprint density at radius 3 is 2.54 bits per heavy atom. The van der Waals surface area contributed by atoms with E-state index in [0.717, 1.165) is 16.7 Å². The molecular formula is C18H15N3O3. The highest BCUT2D eigenvalue weighted by molar-refractivity contribution is 5.86. The standard InChI is InChI=1S/C18H15N3O3/c22-17-7-14(8-19-17)12-3-1-11(2-4-12)13-5-6-16-20-15(18(23)24)10-21(16)9-13/h1-6,9-10,14H,7-8H2,(H,19,22)(H,23,24). The van der Waals surface area contributed by atoms with E-state index in [1.807, 2.05) is 36.5 Å². The first-order valence-corrected chi connectivity index (χ1v) is 7.69. The molecule has 1 aromatic carbocycles. The van der Waals surface area contributed by atoms with Crippen molar-refractivity contribution in [1.82, 2.24) is 14.7 Å². The van der Waals surface area contributed by atoms with Gasteiger partial charge in [-0.25, -0.2) is 9.78 Å². The van der Waals surface area contributed by atoms with E-state index in [1.54, 1.807) is 10.5 Å². The third-order valence-electron chi connectivity index (χ3n) is 4.36. The quantitative estimate of drug-likeness (QED) is 0.775. The van der Waals surface area contributed by atoms with Crippen LogP contribution in [0, 0.1) is 0 Å². The first-order valence-electron chi connectivity index (χ1n) is 7.69. The molecule has 3 heterocycles. The molecule has 1 unspecified atom stereocenters. The van der Waals surface area contributed by atoms with Crippen molar-refractivity contribution in [2.24, 2.45) is 0 Å². The Bertz CT molecular complexity index is 944. The lowest BCUT2D eigenvalue weighted by molar-refractivity contribution is -0.119. The number of nitrogens with one attached hydrogen (secondary N) is 1. The lowest BCUT2D eigenvalue weighted by atomic mass is 9.96. The highest BCUT2D eigenvalue weighted by atomic mass is 16.4. The minimum absolute atomic E-state index is 0.0286. The van der Waals surface area contributed by atoms with Crippen molar-refractivity contribution in [3.63, 3.8) is 0 Å². The molecule has 0 aliphatic carbocycles. The van der Waals surface area contributed by atoms with Crippen LogP contribution < -0.4 is 5.32 Å². The monoisotopic (exact) mass is 321 g/mol. The number of rotatable bonds is 3. The number of hydrogen-bond donors (Lipinski definition) is 2. The van der Waals surface area contributed by atoms with Crippen LogP contribution in [0.4, 0.5) is 0 Å². The van der Waals surface area contributed by atoms with Gasteiger partial charge < -0.3 is 14.8 Å². The summed E-state index contributed by atoms with van der Waals surface area (Å²) in [5.74, 6) is -0.700. The van der Waals surface area contributed by atoms with Gasteiger partial charge in [-0.15, -0.1) is 0 Å². The summed E-state index contributed by atoms with van der Waals surface area (Å²) in [6.07, 6.45) is 3.91. The molecule has 3 aromatic rings. The van der Waals surface area contributed by atoms with Gasteiger partial charge in [0.2, 0.25) is 5.91 Å². The van der Waals surface area contributed by atoms with Crippen molar-refractivity contribution in [2.45, 2.75) is 12.3 Å². The SMILES string of the molecule is O=C1CC(c2ccc(-c3ccc4nc(C(=O)O)cn4c3)cc2)CN1. The number of carboxylic acid groups (broad SMARTS) is 1. The molecular weight excluding hydrogens is 306 g/mol. The lowest BCUT2D eigenvalue weighted by Gasteiger charge is -2.09. The maximum absolute atomic E-state index is 11.3. The number of fused-ring (bicyclic) bond motifs is 1. The number of imidazole rings is 1. The average Bonchev–Trinajstić information content (AvgIpc) is 3.20. The topological polar surface area (TPSA) is 83.7 Å². The van der Waals surface area contributed by atoms with E-state index >= 15 is 0 Å². The lowest BCUT2D eigenvalue weighted by Crippen LogP contribution is -2.13. The third-order valence-corrected chi connectivity index (χ3v) is 4.36. The maximum atomic E-state index is 11.3. The summed E-state index contributed by atoms with van der Waals surface area (Å²) in [6, 6.07) is 11.9. The summed E-state index contributed by atoms with van der Waals surface area (Å²) in [5, 5.41) is 11.9. The van der Waals surface area contributed by atoms with Gasteiger partial charge in [0.05, 0.1) is 0 Å². The Labute approximate surface area is 137 Å². The minimum Gasteiger partial charge on any atom is -0.476 e. The van der Waals surface area contributed by atoms with E-state index in [1.165, 1.54) is 6.20 Å². The van der Waals surface area contributed by atoms with Gasteiger partial charge in [-0.05, 0) is 28.8 Å². The largest absolute Gasteiger partial charge is 0.476 e. The van der Waals surface area contributed by atoms with Crippen LogP contribution in [-0.2, 0) is 4.79 Å². The van der Waals surface area contributed by atoms with Crippen molar-refractivity contribution in [3.05, 3.63) is 60.0 Å². The molecule has 1 atom stereocenters. The number of aromatic nitrogens is 2. The van der Waals surface area contributed by atoms with Crippen LogP contribution in [0.1, 0.15) is 28.4 Å². The molecule has 2 aromatic heterocycles. The predicted octanol–water partition coefficient (Wildman–Crippen LogP) is 2.30. The summed E-state index contributed by atoms with van der Waals surface area (Å²) in [7, 11) is 0. The molecule has 1 fully saturated rings. The van der Waals surface area contributed by atoms with Crippen LogP contribution in [0.5, 0.6) is 0 Å². The number of pyridine rings is 1. The van der Waals surface area contributed by atoms with Crippen molar-refractivity contribution in [1.29, 1.82) is 0 Å². The number of benzene rings is 1. The minimum atomic E-state index is -1.04. The van der Waals surface area contributed by atoms with Crippen molar-refractivity contribution in [3.8, 4) is 11.1 Å². The number of hydrogen-bond acceptors (Lipinski definition) is 3. The molecule has 6 heteroatoms. The summed E-state index contributed by atoms with van der Waals surface area (Å²) in [5.41, 5.74) is 3.78. The van der Waals surface area contributed by atoms with Gasteiger partial charge >= 0.3 is 5.97 Å². The molecule has 0 radical (unpaired) electrons. The van der Waals surface area contributed by atoms with Gasteiger partial charge in [0.1, 0.15) is 5.65 Å². The second kappa shape index (κ2) is 5.49. The number of nitrogens with zero attached hydrogens (tertiary/aromatic N) is 2. The second-order valence-electron chi connectivity index (χ2n) is 5.94. The molecule has 1 aliphatic heterocycles. The van der Waals surface area contributed by atoms with Crippen LogP contribution in [0.3, 0.4) is 0 Å². The molecule has 24 heavy (non-hydrogen) atoms. The molecule has 1 saturated heterocycles. The summed E-state index contributed by atoms with van der Waals surface area (Å²) in [4.78, 5) is 26.4. The summed E-state index contributed by atoms with van der Waals surface area (Å²) >= 11 is 0. The zero-order chi connectivity index (χ0) is 16.7. The number of amides is 1. The van der Waals surface area contributed by atoms with Gasteiger partial charge in [-0.3, -0.25) is 4.79 Å². The first-order chi connectivity index (χ1) is 11.6. The molecule has 2 N–H and O–H groups in total. The summed E-state index contributed by atoms with van der Waals surface area (Å²) < 4.78 is 1.71. The van der Waals surface area contributed by atoms with Crippen LogP contribution in [-0.4, -0.2) is 32.9 Å². The molecule has 1 aliphatic rings. The van der Waals surface area contributed by atoms with Gasteiger partial charge in [0, 0.05) is 31.3 Å². The van der Waals surface area contributed by atoms with Crippen molar-refractivity contribution < 1.29 is 14.7 Å². The van der Waals surface area contributed by atoms with Crippen LogP contribution >= 0.6 is 0 Å². The zero-order valence-corrected chi connectivity index (χ0v) is 12.8. The van der Waals surface area contributed by atoms with E-state index < -0.39 is 5.97 Å². The Hall–Kier alpha value is -3.15. The fourth-order valence-electron chi connectivity index (χ4n) is 3.05. The van der Waals surface area contributed by atoms with Crippen LogP contribution in [0.2, 0.25) is 0 Å². The Kier molecular flexibility index (Phi) is 3.30. The number of carbonyl (C=O) groups is 2. The molecule has 1 amide bonds. The molecule has 0 bridgehead atoms. The smallest absolute Gasteiger partial charge is 0.356 e. The average molecular weight is 321 g/mol. The van der Waals surface area contributed by atoms with Gasteiger partial charge in [0.15, 0.2) is 5.69 Å². The van der Waals surface area contributed by atoms with E-state index in [2.05, 4.69) is 10.3 Å². The fourth-order valence-corrected chi connectivity index (χ4v) is 3.05. The predicted molar refractivity (Wildman–Crippen MR) is 88.0 cm³/mol. The Morgan fingerprint density at radius 1 is 1.12 bits per heavy atom. The second-order valence-corrected chi connectivity index (χ2v) is 5.94. The number of carbonyl (C=O) groups excluding carboxylic acids is 1. The third kappa shape index (κ3) is 2.52. The van der Waals surface area contributed by atoms with Gasteiger partial charge in [0.25, 0.3) is 0 Å².